The quantitative estimate of drug-likeness (QED) is 0.684. The van der Waals surface area contributed by atoms with E-state index in [0.29, 0.717) is 13.0 Å². The van der Waals surface area contributed by atoms with Crippen molar-refractivity contribution in [2.24, 2.45) is 0 Å². The van der Waals surface area contributed by atoms with Crippen molar-refractivity contribution in [3.8, 4) is 0 Å². The highest BCUT2D eigenvalue weighted by Gasteiger charge is 2.13. The summed E-state index contributed by atoms with van der Waals surface area (Å²) in [5, 5.41) is 0. The number of sulfonamides is 1. The van der Waals surface area contributed by atoms with Crippen LogP contribution in [-0.4, -0.2) is 15.0 Å². The third-order valence-electron chi connectivity index (χ3n) is 3.23. The lowest BCUT2D eigenvalue weighted by Crippen LogP contribution is -2.26. The molecule has 3 nitrogen and oxygen atoms in total. The first kappa shape index (κ1) is 17.2. The molecule has 0 radical (unpaired) electrons. The van der Waals surface area contributed by atoms with Gasteiger partial charge in [-0.1, -0.05) is 55.1 Å². The molecule has 0 aliphatic carbocycles. The zero-order chi connectivity index (χ0) is 16.0. The molecule has 0 amide bonds. The van der Waals surface area contributed by atoms with E-state index in [-0.39, 0.29) is 5.75 Å². The SMILES string of the molecule is C=C(CCNS(=O)(=O)Cc1ccccc1I)c1ccccc1. The van der Waals surface area contributed by atoms with Gasteiger partial charge in [0.15, 0.2) is 0 Å². The molecule has 0 heterocycles. The lowest BCUT2D eigenvalue weighted by molar-refractivity contribution is 0.581. The maximum Gasteiger partial charge on any atom is 0.215 e. The van der Waals surface area contributed by atoms with E-state index in [1.165, 1.54) is 0 Å². The molecular weight excluding hydrogens is 409 g/mol. The highest BCUT2D eigenvalue weighted by Crippen LogP contribution is 2.16. The second-order valence-electron chi connectivity index (χ2n) is 4.96. The van der Waals surface area contributed by atoms with E-state index in [0.717, 1.165) is 20.3 Å². The summed E-state index contributed by atoms with van der Waals surface area (Å²) < 4.78 is 27.9. The van der Waals surface area contributed by atoms with Crippen molar-refractivity contribution in [3.63, 3.8) is 0 Å². The van der Waals surface area contributed by atoms with Gasteiger partial charge in [0.05, 0.1) is 5.75 Å². The van der Waals surface area contributed by atoms with Gasteiger partial charge >= 0.3 is 0 Å². The summed E-state index contributed by atoms with van der Waals surface area (Å²) in [5.74, 6) is 0.00390. The summed E-state index contributed by atoms with van der Waals surface area (Å²) in [7, 11) is -3.33. The van der Waals surface area contributed by atoms with Crippen LogP contribution in [0.5, 0.6) is 0 Å². The maximum atomic E-state index is 12.1. The van der Waals surface area contributed by atoms with Gasteiger partial charge in [0.1, 0.15) is 0 Å². The van der Waals surface area contributed by atoms with Crippen molar-refractivity contribution in [1.82, 2.24) is 4.72 Å². The van der Waals surface area contributed by atoms with Gasteiger partial charge in [0.2, 0.25) is 10.0 Å². The average molecular weight is 427 g/mol. The number of hydrogen-bond donors (Lipinski definition) is 1. The van der Waals surface area contributed by atoms with E-state index >= 15 is 0 Å². The van der Waals surface area contributed by atoms with Crippen LogP contribution in [0, 0.1) is 3.57 Å². The Morgan fingerprint density at radius 2 is 1.68 bits per heavy atom. The van der Waals surface area contributed by atoms with Crippen LogP contribution in [0.3, 0.4) is 0 Å². The van der Waals surface area contributed by atoms with Gasteiger partial charge < -0.3 is 0 Å². The third-order valence-corrected chi connectivity index (χ3v) is 5.62. The predicted molar refractivity (Wildman–Crippen MR) is 99.9 cm³/mol. The van der Waals surface area contributed by atoms with Crippen molar-refractivity contribution < 1.29 is 8.42 Å². The Hall–Kier alpha value is -1.18. The summed E-state index contributed by atoms with van der Waals surface area (Å²) in [6, 6.07) is 17.3. The average Bonchev–Trinajstić information content (AvgIpc) is 2.50. The summed E-state index contributed by atoms with van der Waals surface area (Å²) in [6.07, 6.45) is 0.592. The molecule has 0 fully saturated rings. The van der Waals surface area contributed by atoms with Crippen LogP contribution >= 0.6 is 22.6 Å². The van der Waals surface area contributed by atoms with Crippen molar-refractivity contribution in [2.75, 3.05) is 6.54 Å². The van der Waals surface area contributed by atoms with E-state index in [1.54, 1.807) is 0 Å². The molecule has 22 heavy (non-hydrogen) atoms. The molecule has 0 saturated heterocycles. The summed E-state index contributed by atoms with van der Waals surface area (Å²) in [6.45, 7) is 4.37. The normalized spacial score (nSPS) is 11.3. The fraction of sp³-hybridized carbons (Fsp3) is 0.176. The second-order valence-corrected chi connectivity index (χ2v) is 7.93. The molecule has 2 rings (SSSR count). The van der Waals surface area contributed by atoms with Crippen molar-refractivity contribution in [3.05, 3.63) is 75.9 Å². The van der Waals surface area contributed by atoms with Crippen LogP contribution in [0.15, 0.2) is 61.2 Å². The zero-order valence-electron chi connectivity index (χ0n) is 12.1. The number of nitrogens with one attached hydrogen (secondary N) is 1. The maximum absolute atomic E-state index is 12.1. The van der Waals surface area contributed by atoms with Crippen LogP contribution < -0.4 is 4.72 Å². The molecule has 2 aromatic carbocycles. The molecule has 0 spiro atoms. The van der Waals surface area contributed by atoms with Gasteiger partial charge in [0, 0.05) is 10.1 Å². The van der Waals surface area contributed by atoms with E-state index in [1.807, 2.05) is 54.6 Å². The molecular formula is C17H18INO2S. The lowest BCUT2D eigenvalue weighted by Gasteiger charge is -2.09. The molecule has 5 heteroatoms. The number of rotatable bonds is 7. The topological polar surface area (TPSA) is 46.2 Å². The molecule has 0 aliphatic heterocycles. The Balaban J connectivity index is 1.88. The fourth-order valence-electron chi connectivity index (χ4n) is 2.05. The first-order valence-electron chi connectivity index (χ1n) is 6.92. The molecule has 1 N–H and O–H groups in total. The summed E-state index contributed by atoms with van der Waals surface area (Å²) in [4.78, 5) is 0. The predicted octanol–water partition coefficient (Wildman–Crippen LogP) is 3.81. The molecule has 0 bridgehead atoms. The lowest BCUT2D eigenvalue weighted by atomic mass is 10.1. The van der Waals surface area contributed by atoms with Crippen LogP contribution in [0.4, 0.5) is 0 Å². The Labute approximate surface area is 145 Å². The highest BCUT2D eigenvalue weighted by atomic mass is 127. The fourth-order valence-corrected chi connectivity index (χ4v) is 4.06. The Bertz CT molecular complexity index is 742. The minimum atomic E-state index is -3.33. The first-order chi connectivity index (χ1) is 10.5. The van der Waals surface area contributed by atoms with Gasteiger partial charge in [-0.25, -0.2) is 13.1 Å². The Kier molecular flexibility index (Phi) is 6.16. The van der Waals surface area contributed by atoms with Crippen molar-refractivity contribution in [1.29, 1.82) is 0 Å². The molecule has 0 atom stereocenters. The van der Waals surface area contributed by atoms with E-state index in [2.05, 4.69) is 33.9 Å². The second kappa shape index (κ2) is 7.89. The van der Waals surface area contributed by atoms with Gasteiger partial charge in [-0.2, -0.15) is 0 Å². The van der Waals surface area contributed by atoms with Gasteiger partial charge in [0.25, 0.3) is 0 Å². The summed E-state index contributed by atoms with van der Waals surface area (Å²) >= 11 is 2.15. The van der Waals surface area contributed by atoms with Gasteiger partial charge in [-0.05, 0) is 51.8 Å². The zero-order valence-corrected chi connectivity index (χ0v) is 15.1. The van der Waals surface area contributed by atoms with Crippen molar-refractivity contribution in [2.45, 2.75) is 12.2 Å². The standard InChI is InChI=1S/C17H18INO2S/c1-14(15-7-3-2-4-8-15)11-12-19-22(20,21)13-16-9-5-6-10-17(16)18/h2-10,19H,1,11-13H2. The minimum Gasteiger partial charge on any atom is -0.215 e. The van der Waals surface area contributed by atoms with Gasteiger partial charge in [-0.15, -0.1) is 0 Å². The highest BCUT2D eigenvalue weighted by molar-refractivity contribution is 14.1. The first-order valence-corrected chi connectivity index (χ1v) is 9.65. The monoisotopic (exact) mass is 427 g/mol. The number of halogens is 1. The van der Waals surface area contributed by atoms with Crippen LogP contribution in [0.25, 0.3) is 5.57 Å². The smallest absolute Gasteiger partial charge is 0.215 e. The molecule has 2 aromatic rings. The number of hydrogen-bond acceptors (Lipinski definition) is 2. The summed E-state index contributed by atoms with van der Waals surface area (Å²) in [5.41, 5.74) is 2.79. The van der Waals surface area contributed by atoms with Crippen molar-refractivity contribution >= 4 is 38.2 Å². The Morgan fingerprint density at radius 1 is 1.05 bits per heavy atom. The molecule has 0 aliphatic rings. The van der Waals surface area contributed by atoms with Crippen LogP contribution in [0.1, 0.15) is 17.5 Å². The minimum absolute atomic E-state index is 0.00390. The molecule has 0 saturated carbocycles. The molecule has 0 aromatic heterocycles. The largest absolute Gasteiger partial charge is 0.215 e. The molecule has 0 unspecified atom stereocenters. The Morgan fingerprint density at radius 3 is 2.36 bits per heavy atom. The van der Waals surface area contributed by atoms with E-state index in [9.17, 15) is 8.42 Å². The van der Waals surface area contributed by atoms with Crippen LogP contribution in [0.2, 0.25) is 0 Å². The third kappa shape index (κ3) is 5.23. The van der Waals surface area contributed by atoms with E-state index in [4.69, 9.17) is 0 Å². The molecule has 116 valence electrons. The van der Waals surface area contributed by atoms with Gasteiger partial charge in [-0.3, -0.25) is 0 Å². The van der Waals surface area contributed by atoms with Crippen LogP contribution in [-0.2, 0) is 15.8 Å². The van der Waals surface area contributed by atoms with E-state index < -0.39 is 10.0 Å². The number of benzene rings is 2.